The van der Waals surface area contributed by atoms with Gasteiger partial charge in [0.15, 0.2) is 0 Å². The third kappa shape index (κ3) is 1.94. The van der Waals surface area contributed by atoms with Crippen LogP contribution in [0.5, 0.6) is 0 Å². The van der Waals surface area contributed by atoms with Gasteiger partial charge >= 0.3 is 0 Å². The van der Waals surface area contributed by atoms with E-state index in [2.05, 4.69) is 13.8 Å². The highest BCUT2D eigenvalue weighted by atomic mass is 79.9. The molecule has 1 aliphatic heterocycles. The zero-order chi connectivity index (χ0) is 6.74. The molecular weight excluding hydrogens is 194 g/mol. The summed E-state index contributed by atoms with van der Waals surface area (Å²) in [4.78, 5) is 5.58. The Bertz CT molecular complexity index is 85.6. The van der Waals surface area contributed by atoms with E-state index < -0.39 is 0 Å². The van der Waals surface area contributed by atoms with Crippen LogP contribution in [-0.2, 0) is 4.84 Å². The Morgan fingerprint density at radius 2 is 1.90 bits per heavy atom. The minimum absolute atomic E-state index is 0. The first-order valence-corrected chi connectivity index (χ1v) is 3.83. The van der Waals surface area contributed by atoms with Gasteiger partial charge in [-0.3, -0.25) is 0 Å². The monoisotopic (exact) mass is 209 g/mol. The van der Waals surface area contributed by atoms with Gasteiger partial charge in [-0.15, -0.1) is 0 Å². The summed E-state index contributed by atoms with van der Waals surface area (Å²) < 4.78 is 0.889. The van der Waals surface area contributed by atoms with E-state index in [0.717, 1.165) is 24.3 Å². The summed E-state index contributed by atoms with van der Waals surface area (Å²) in [6, 6.07) is 0. The molecule has 0 aromatic rings. The molecular formula is C7H16BrNO. The highest BCUT2D eigenvalue weighted by Crippen LogP contribution is 2.15. The van der Waals surface area contributed by atoms with Crippen LogP contribution >= 0.6 is 0 Å². The van der Waals surface area contributed by atoms with Crippen LogP contribution in [0.25, 0.3) is 0 Å². The van der Waals surface area contributed by atoms with Gasteiger partial charge in [0.05, 0.1) is 0 Å². The smallest absolute Gasteiger partial charge is 0.112 e. The lowest BCUT2D eigenvalue weighted by Crippen LogP contribution is -3.00. The van der Waals surface area contributed by atoms with Gasteiger partial charge in [-0.2, -0.15) is 4.65 Å². The molecule has 10 heavy (non-hydrogen) atoms. The van der Waals surface area contributed by atoms with Crippen molar-refractivity contribution in [1.82, 2.24) is 0 Å². The third-order valence-corrected chi connectivity index (χ3v) is 2.23. The highest BCUT2D eigenvalue weighted by Gasteiger charge is 2.30. The lowest BCUT2D eigenvalue weighted by Gasteiger charge is -2.26. The summed E-state index contributed by atoms with van der Waals surface area (Å²) in [6.07, 6.45) is 1.24. The first-order valence-electron chi connectivity index (χ1n) is 3.83. The second-order valence-electron chi connectivity index (χ2n) is 2.60. The normalized spacial score (nSPS) is 22.2. The van der Waals surface area contributed by atoms with Crippen molar-refractivity contribution < 1.29 is 26.5 Å². The second kappa shape index (κ2) is 4.31. The molecule has 0 radical (unpaired) electrons. The predicted octanol–water partition coefficient (Wildman–Crippen LogP) is -1.82. The Kier molecular flexibility index (Phi) is 4.49. The molecule has 1 aliphatic rings. The van der Waals surface area contributed by atoms with E-state index in [1.807, 2.05) is 0 Å². The summed E-state index contributed by atoms with van der Waals surface area (Å²) in [5.41, 5.74) is 0. The molecule has 0 aliphatic carbocycles. The molecule has 0 amide bonds. The van der Waals surface area contributed by atoms with Crippen LogP contribution in [0.1, 0.15) is 20.3 Å². The highest BCUT2D eigenvalue weighted by molar-refractivity contribution is 4.39. The van der Waals surface area contributed by atoms with E-state index in [0.29, 0.717) is 0 Å². The fraction of sp³-hybridized carbons (Fsp3) is 1.00. The van der Waals surface area contributed by atoms with Crippen LogP contribution in [-0.4, -0.2) is 30.9 Å². The van der Waals surface area contributed by atoms with Crippen molar-refractivity contribution in [1.29, 1.82) is 0 Å². The van der Waals surface area contributed by atoms with Crippen LogP contribution in [0, 0.1) is 0 Å². The van der Waals surface area contributed by atoms with Crippen LogP contribution in [0.2, 0.25) is 0 Å². The zero-order valence-corrected chi connectivity index (χ0v) is 8.35. The average Bonchev–Trinajstić information content (AvgIpc) is 2.36. The first kappa shape index (κ1) is 10.4. The molecule has 1 fully saturated rings. The summed E-state index contributed by atoms with van der Waals surface area (Å²) >= 11 is 0. The van der Waals surface area contributed by atoms with E-state index in [1.54, 1.807) is 0 Å². The molecule has 0 aromatic heterocycles. The van der Waals surface area contributed by atoms with Crippen LogP contribution < -0.4 is 17.0 Å². The lowest BCUT2D eigenvalue weighted by molar-refractivity contribution is -1.09. The van der Waals surface area contributed by atoms with E-state index >= 15 is 0 Å². The number of hydroxylamine groups is 3. The zero-order valence-electron chi connectivity index (χ0n) is 6.77. The lowest BCUT2D eigenvalue weighted by atomic mass is 10.4. The van der Waals surface area contributed by atoms with E-state index in [1.165, 1.54) is 13.0 Å². The number of hydrogen-bond donors (Lipinski definition) is 0. The van der Waals surface area contributed by atoms with E-state index in [9.17, 15) is 0 Å². The number of halogens is 1. The Hall–Kier alpha value is 0.400. The van der Waals surface area contributed by atoms with Gasteiger partial charge < -0.3 is 17.0 Å². The summed E-state index contributed by atoms with van der Waals surface area (Å²) in [7, 11) is 0. The molecule has 0 bridgehead atoms. The molecule has 2 nitrogen and oxygen atoms in total. The quantitative estimate of drug-likeness (QED) is 0.488. The van der Waals surface area contributed by atoms with Crippen LogP contribution in [0.4, 0.5) is 0 Å². The average molecular weight is 210 g/mol. The van der Waals surface area contributed by atoms with Gasteiger partial charge in [-0.25, -0.2) is 4.84 Å². The van der Waals surface area contributed by atoms with Crippen molar-refractivity contribution in [3.05, 3.63) is 0 Å². The fourth-order valence-electron chi connectivity index (χ4n) is 1.40. The largest absolute Gasteiger partial charge is 1.00 e. The maximum atomic E-state index is 5.58. The van der Waals surface area contributed by atoms with Gasteiger partial charge in [-0.1, -0.05) is 0 Å². The summed E-state index contributed by atoms with van der Waals surface area (Å²) in [6.45, 7) is 8.80. The van der Waals surface area contributed by atoms with Crippen molar-refractivity contribution in [3.8, 4) is 0 Å². The van der Waals surface area contributed by atoms with Crippen molar-refractivity contribution >= 4 is 0 Å². The Morgan fingerprint density at radius 3 is 2.10 bits per heavy atom. The molecule has 62 valence electrons. The van der Waals surface area contributed by atoms with Crippen molar-refractivity contribution in [2.75, 3.05) is 26.2 Å². The molecule has 0 N–H and O–H groups in total. The van der Waals surface area contributed by atoms with Crippen LogP contribution in [0.15, 0.2) is 0 Å². The minimum atomic E-state index is 0. The molecule has 0 unspecified atom stereocenters. The SMILES string of the molecule is CC[N+]1(CC)CCCO1.[Br-]. The maximum Gasteiger partial charge on any atom is 0.112 e. The van der Waals surface area contributed by atoms with Gasteiger partial charge in [0, 0.05) is 6.42 Å². The number of rotatable bonds is 2. The van der Waals surface area contributed by atoms with Gasteiger partial charge in [0.25, 0.3) is 0 Å². The molecule has 0 aromatic carbocycles. The molecule has 1 saturated heterocycles. The molecule has 3 heteroatoms. The topological polar surface area (TPSA) is 9.23 Å². The van der Waals surface area contributed by atoms with Gasteiger partial charge in [-0.05, 0) is 13.8 Å². The van der Waals surface area contributed by atoms with Gasteiger partial charge in [0.2, 0.25) is 0 Å². The third-order valence-electron chi connectivity index (χ3n) is 2.23. The fourth-order valence-corrected chi connectivity index (χ4v) is 1.40. The summed E-state index contributed by atoms with van der Waals surface area (Å²) in [5, 5.41) is 0. The first-order chi connectivity index (χ1) is 4.33. The van der Waals surface area contributed by atoms with E-state index in [4.69, 9.17) is 4.84 Å². The number of nitrogens with zero attached hydrogens (tertiary/aromatic N) is 1. The molecule has 1 heterocycles. The minimum Gasteiger partial charge on any atom is -1.00 e. The summed E-state index contributed by atoms with van der Waals surface area (Å²) in [5.74, 6) is 0. The molecule has 0 saturated carbocycles. The Balaban J connectivity index is 0.000000810. The van der Waals surface area contributed by atoms with Crippen molar-refractivity contribution in [2.24, 2.45) is 0 Å². The molecule has 1 rings (SSSR count). The number of hydrogen-bond acceptors (Lipinski definition) is 1. The standard InChI is InChI=1S/C7H16NO.BrH/c1-3-8(4-2)6-5-7-9-8;/h3-7H2,1-2H3;1H/q+1;/p-1. The predicted molar refractivity (Wildman–Crippen MR) is 36.8 cm³/mol. The molecule has 0 atom stereocenters. The van der Waals surface area contributed by atoms with Crippen LogP contribution in [0.3, 0.4) is 0 Å². The van der Waals surface area contributed by atoms with Gasteiger partial charge in [0.1, 0.15) is 26.2 Å². The Labute approximate surface area is 73.5 Å². The van der Waals surface area contributed by atoms with E-state index in [-0.39, 0.29) is 17.0 Å². The van der Waals surface area contributed by atoms with Crippen molar-refractivity contribution in [2.45, 2.75) is 20.3 Å². The van der Waals surface area contributed by atoms with Crippen molar-refractivity contribution in [3.63, 3.8) is 0 Å². The Morgan fingerprint density at radius 1 is 1.30 bits per heavy atom. The maximum absolute atomic E-state index is 5.58. The number of quaternary nitrogens is 1. The second-order valence-corrected chi connectivity index (χ2v) is 2.60. The molecule has 0 spiro atoms.